The topological polar surface area (TPSA) is 104 Å². The van der Waals surface area contributed by atoms with E-state index in [4.69, 9.17) is 14.7 Å². The summed E-state index contributed by atoms with van der Waals surface area (Å²) in [6.07, 6.45) is -0.259. The quantitative estimate of drug-likeness (QED) is 0.435. The van der Waals surface area contributed by atoms with Crippen LogP contribution in [0.5, 0.6) is 0 Å². The van der Waals surface area contributed by atoms with Crippen LogP contribution in [0.4, 0.5) is 36.4 Å². The minimum Gasteiger partial charge on any atom is -0.379 e. The van der Waals surface area contributed by atoms with Crippen LogP contribution >= 0.6 is 0 Å². The van der Waals surface area contributed by atoms with Gasteiger partial charge in [-0.3, -0.25) is 0 Å². The van der Waals surface area contributed by atoms with Crippen molar-refractivity contribution in [1.29, 1.82) is 0 Å². The first-order valence-corrected chi connectivity index (χ1v) is 15.9. The lowest BCUT2D eigenvalue weighted by molar-refractivity contribution is -0.137. The summed E-state index contributed by atoms with van der Waals surface area (Å²) >= 11 is 0. The molecular formula is C29H34F3N7O3S. The molecule has 10 nitrogen and oxygen atoms in total. The zero-order valence-corrected chi connectivity index (χ0v) is 24.7. The molecular weight excluding hydrogens is 583 g/mol. The standard InChI is InChI=1S/C29H34F3N7O3S/c1-20-4-3-13-39(20)28-35-25-11-15-37(27-24(29(30,31)32)5-2-12-33-27)14-10-23(25)26(36-28)34-21-6-8-22(9-7-21)43(40,41)38-16-18-42-19-17-38/h2,5-9,12,20H,3-4,10-11,13-19H2,1H3,(H,34,35,36). The summed E-state index contributed by atoms with van der Waals surface area (Å²) in [5.41, 5.74) is 1.49. The average molecular weight is 618 g/mol. The summed E-state index contributed by atoms with van der Waals surface area (Å²) in [5.74, 6) is 1.07. The van der Waals surface area contributed by atoms with Crippen molar-refractivity contribution in [2.75, 3.05) is 61.1 Å². The van der Waals surface area contributed by atoms with Crippen LogP contribution in [0.3, 0.4) is 0 Å². The van der Waals surface area contributed by atoms with E-state index < -0.39 is 21.8 Å². The maximum Gasteiger partial charge on any atom is 0.419 e. The molecule has 0 spiro atoms. The third-order valence-electron chi connectivity index (χ3n) is 8.26. The summed E-state index contributed by atoms with van der Waals surface area (Å²) in [5, 5.41) is 3.37. The van der Waals surface area contributed by atoms with Crippen molar-refractivity contribution < 1.29 is 26.3 Å². The summed E-state index contributed by atoms with van der Waals surface area (Å²) in [6.45, 7) is 4.94. The van der Waals surface area contributed by atoms with Gasteiger partial charge in [0.1, 0.15) is 11.6 Å². The Labute approximate surface area is 248 Å². The van der Waals surface area contributed by atoms with Gasteiger partial charge in [-0.15, -0.1) is 0 Å². The van der Waals surface area contributed by atoms with Gasteiger partial charge in [0.2, 0.25) is 16.0 Å². The molecule has 6 rings (SSSR count). The molecule has 0 saturated carbocycles. The first kappa shape index (κ1) is 29.6. The first-order valence-electron chi connectivity index (χ1n) is 14.5. The average Bonchev–Trinajstić information content (AvgIpc) is 3.31. The summed E-state index contributed by atoms with van der Waals surface area (Å²) < 4.78 is 74.3. The fraction of sp³-hybridized carbons (Fsp3) is 0.483. The molecule has 14 heteroatoms. The summed E-state index contributed by atoms with van der Waals surface area (Å²) in [7, 11) is -3.64. The van der Waals surface area contributed by atoms with Gasteiger partial charge in [0.25, 0.3) is 0 Å². The molecule has 2 aromatic heterocycles. The maximum atomic E-state index is 13.8. The van der Waals surface area contributed by atoms with E-state index in [9.17, 15) is 21.6 Å². The van der Waals surface area contributed by atoms with Crippen LogP contribution in [0, 0.1) is 0 Å². The van der Waals surface area contributed by atoms with Gasteiger partial charge < -0.3 is 19.9 Å². The normalized spacial score (nSPS) is 20.1. The molecule has 0 bridgehead atoms. The zero-order valence-electron chi connectivity index (χ0n) is 23.8. The predicted octanol–water partition coefficient (Wildman–Crippen LogP) is 4.25. The minimum absolute atomic E-state index is 0.0873. The minimum atomic E-state index is -4.52. The van der Waals surface area contributed by atoms with Crippen molar-refractivity contribution in [2.45, 2.75) is 49.7 Å². The lowest BCUT2D eigenvalue weighted by atomic mass is 10.1. The van der Waals surface area contributed by atoms with Crippen LogP contribution < -0.4 is 15.1 Å². The Hall–Kier alpha value is -3.49. The maximum absolute atomic E-state index is 13.8. The van der Waals surface area contributed by atoms with Crippen molar-refractivity contribution in [3.63, 3.8) is 0 Å². The second kappa shape index (κ2) is 11.9. The molecule has 2 fully saturated rings. The second-order valence-corrected chi connectivity index (χ2v) is 12.9. The van der Waals surface area contributed by atoms with Crippen LogP contribution in [0.25, 0.3) is 0 Å². The smallest absolute Gasteiger partial charge is 0.379 e. The van der Waals surface area contributed by atoms with Gasteiger partial charge in [-0.25, -0.2) is 18.4 Å². The Kier molecular flexibility index (Phi) is 8.18. The Morgan fingerprint density at radius 2 is 1.72 bits per heavy atom. The van der Waals surface area contributed by atoms with Crippen molar-refractivity contribution in [3.05, 3.63) is 59.4 Å². The van der Waals surface area contributed by atoms with Gasteiger partial charge in [0, 0.05) is 62.6 Å². The van der Waals surface area contributed by atoms with Crippen LogP contribution in [0.15, 0.2) is 47.5 Å². The Bertz CT molecular complexity index is 1560. The highest BCUT2D eigenvalue weighted by Crippen LogP contribution is 2.37. The monoisotopic (exact) mass is 617 g/mol. The number of nitrogens with zero attached hydrogens (tertiary/aromatic N) is 6. The predicted molar refractivity (Wildman–Crippen MR) is 156 cm³/mol. The lowest BCUT2D eigenvalue weighted by Crippen LogP contribution is -2.40. The number of aromatic nitrogens is 3. The highest BCUT2D eigenvalue weighted by atomic mass is 32.2. The molecule has 5 heterocycles. The molecule has 3 aliphatic rings. The molecule has 43 heavy (non-hydrogen) atoms. The molecule has 1 aromatic carbocycles. The zero-order chi connectivity index (χ0) is 30.2. The summed E-state index contributed by atoms with van der Waals surface area (Å²) in [6, 6.07) is 9.16. The number of halogens is 3. The van der Waals surface area contributed by atoms with Crippen LogP contribution in [-0.2, 0) is 33.8 Å². The molecule has 230 valence electrons. The number of anilines is 4. The van der Waals surface area contributed by atoms with Crippen molar-refractivity contribution in [3.8, 4) is 0 Å². The SMILES string of the molecule is CC1CCCN1c1nc2c(c(Nc3ccc(S(=O)(=O)N4CCOCC4)cc3)n1)CCN(c1ncccc1C(F)(F)F)CC2. The third-order valence-corrected chi connectivity index (χ3v) is 10.2. The number of hydrogen-bond acceptors (Lipinski definition) is 9. The van der Waals surface area contributed by atoms with Crippen LogP contribution in [-0.4, -0.2) is 79.7 Å². The number of fused-ring (bicyclic) bond motifs is 1. The second-order valence-electron chi connectivity index (χ2n) is 11.0. The van der Waals surface area contributed by atoms with E-state index in [0.29, 0.717) is 69.7 Å². The Morgan fingerprint density at radius 1 is 0.977 bits per heavy atom. The fourth-order valence-corrected chi connectivity index (χ4v) is 7.32. The number of ether oxygens (including phenoxy) is 1. The molecule has 3 aliphatic heterocycles. The van der Waals surface area contributed by atoms with Gasteiger partial charge >= 0.3 is 6.18 Å². The number of rotatable bonds is 6. The van der Waals surface area contributed by atoms with E-state index in [-0.39, 0.29) is 16.8 Å². The van der Waals surface area contributed by atoms with Gasteiger partial charge in [-0.05, 0) is 62.6 Å². The number of sulfonamides is 1. The van der Waals surface area contributed by atoms with E-state index in [1.807, 2.05) is 0 Å². The van der Waals surface area contributed by atoms with E-state index in [0.717, 1.165) is 36.7 Å². The molecule has 0 aliphatic carbocycles. The Morgan fingerprint density at radius 3 is 2.42 bits per heavy atom. The number of morpholine rings is 1. The van der Waals surface area contributed by atoms with E-state index in [1.54, 1.807) is 29.2 Å². The van der Waals surface area contributed by atoms with Crippen molar-refractivity contribution in [2.24, 2.45) is 0 Å². The molecule has 1 atom stereocenters. The Balaban J connectivity index is 1.30. The molecule has 3 aromatic rings. The number of hydrogen-bond donors (Lipinski definition) is 1. The number of pyridine rings is 1. The molecule has 0 amide bonds. The van der Waals surface area contributed by atoms with Crippen LogP contribution in [0.2, 0.25) is 0 Å². The van der Waals surface area contributed by atoms with Gasteiger partial charge in [-0.1, -0.05) is 0 Å². The highest BCUT2D eigenvalue weighted by molar-refractivity contribution is 7.89. The molecule has 2 saturated heterocycles. The van der Waals surface area contributed by atoms with Crippen LogP contribution in [0.1, 0.15) is 36.6 Å². The van der Waals surface area contributed by atoms with Crippen molar-refractivity contribution >= 4 is 33.3 Å². The van der Waals surface area contributed by atoms with E-state index in [2.05, 4.69) is 22.1 Å². The highest BCUT2D eigenvalue weighted by Gasteiger charge is 2.36. The molecule has 1 N–H and O–H groups in total. The molecule has 1 unspecified atom stereocenters. The largest absolute Gasteiger partial charge is 0.419 e. The van der Waals surface area contributed by atoms with Gasteiger partial charge in [0.15, 0.2) is 0 Å². The number of alkyl halides is 3. The fourth-order valence-electron chi connectivity index (χ4n) is 5.91. The van der Waals surface area contributed by atoms with E-state index in [1.165, 1.54) is 16.6 Å². The first-order chi connectivity index (χ1) is 20.6. The van der Waals surface area contributed by atoms with Gasteiger partial charge in [0.05, 0.1) is 29.4 Å². The lowest BCUT2D eigenvalue weighted by Gasteiger charge is -2.26. The van der Waals surface area contributed by atoms with Crippen molar-refractivity contribution in [1.82, 2.24) is 19.3 Å². The molecule has 0 radical (unpaired) electrons. The number of benzene rings is 1. The van der Waals surface area contributed by atoms with Gasteiger partial charge in [-0.2, -0.15) is 22.5 Å². The third kappa shape index (κ3) is 6.13. The number of nitrogens with one attached hydrogen (secondary N) is 1. The van der Waals surface area contributed by atoms with E-state index >= 15 is 0 Å². The summed E-state index contributed by atoms with van der Waals surface area (Å²) in [4.78, 5) is 17.9.